The van der Waals surface area contributed by atoms with Crippen LogP contribution in [0.15, 0.2) is 53.5 Å². The first-order chi connectivity index (χ1) is 12.6. The molecule has 1 amide bonds. The number of benzene rings is 2. The van der Waals surface area contributed by atoms with E-state index in [4.69, 9.17) is 0 Å². The predicted octanol–water partition coefficient (Wildman–Crippen LogP) is 2.67. The Morgan fingerprint density at radius 1 is 1.00 bits per heavy atom. The van der Waals surface area contributed by atoms with Gasteiger partial charge in [0.25, 0.3) is 0 Å². The van der Waals surface area contributed by atoms with Crippen molar-refractivity contribution in [3.8, 4) is 0 Å². The lowest BCUT2D eigenvalue weighted by Gasteiger charge is -2.12. The number of aliphatic imine (C=N–C) groups is 1. The number of hydrogen-bond acceptors (Lipinski definition) is 2. The number of guanidine groups is 1. The number of nitrogens with zero attached hydrogens (tertiary/aromatic N) is 1. The van der Waals surface area contributed by atoms with E-state index in [9.17, 15) is 4.79 Å². The van der Waals surface area contributed by atoms with E-state index >= 15 is 0 Å². The van der Waals surface area contributed by atoms with Crippen molar-refractivity contribution in [1.29, 1.82) is 0 Å². The van der Waals surface area contributed by atoms with Gasteiger partial charge in [0.2, 0.25) is 5.91 Å². The smallest absolute Gasteiger partial charge is 0.239 e. The maximum absolute atomic E-state index is 12.0. The fourth-order valence-electron chi connectivity index (χ4n) is 2.55. The molecule has 0 radical (unpaired) electrons. The minimum Gasteiger partial charge on any atom is -0.357 e. The van der Waals surface area contributed by atoms with Crippen molar-refractivity contribution >= 4 is 11.9 Å². The van der Waals surface area contributed by atoms with Crippen molar-refractivity contribution in [3.63, 3.8) is 0 Å². The van der Waals surface area contributed by atoms with Crippen LogP contribution in [0.1, 0.15) is 29.2 Å². The van der Waals surface area contributed by atoms with E-state index in [0.29, 0.717) is 19.0 Å². The molecule has 2 rings (SSSR count). The highest BCUT2D eigenvalue weighted by atomic mass is 16.1. The molecule has 0 saturated heterocycles. The number of carbonyl (C=O) groups excluding carboxylic acids is 1. The van der Waals surface area contributed by atoms with Gasteiger partial charge in [0.05, 0.1) is 13.1 Å². The molecule has 5 heteroatoms. The summed E-state index contributed by atoms with van der Waals surface area (Å²) < 4.78 is 0. The Balaban J connectivity index is 1.85. The predicted molar refractivity (Wildman–Crippen MR) is 107 cm³/mol. The molecule has 0 spiro atoms. The van der Waals surface area contributed by atoms with E-state index in [1.807, 2.05) is 37.3 Å². The summed E-state index contributed by atoms with van der Waals surface area (Å²) in [5.41, 5.74) is 4.73. The Hall–Kier alpha value is -2.82. The SMILES string of the molecule is CCNC(=NCc1ccc(C)cc1C)NCC(=O)NCc1ccccc1. The summed E-state index contributed by atoms with van der Waals surface area (Å²) in [6, 6.07) is 16.2. The standard InChI is InChI=1S/C21H28N4O/c1-4-22-21(24-14-19-11-10-16(2)12-17(19)3)25-15-20(26)23-13-18-8-6-5-7-9-18/h5-12H,4,13-15H2,1-3H3,(H,23,26)(H2,22,24,25). The highest BCUT2D eigenvalue weighted by molar-refractivity contribution is 5.86. The van der Waals surface area contributed by atoms with Crippen LogP contribution >= 0.6 is 0 Å². The van der Waals surface area contributed by atoms with E-state index in [0.717, 1.165) is 12.1 Å². The van der Waals surface area contributed by atoms with Crippen LogP contribution in [0.5, 0.6) is 0 Å². The molecule has 0 heterocycles. The van der Waals surface area contributed by atoms with Crippen LogP contribution in [-0.2, 0) is 17.9 Å². The molecule has 0 atom stereocenters. The van der Waals surface area contributed by atoms with Crippen molar-refractivity contribution in [2.45, 2.75) is 33.9 Å². The third-order valence-electron chi connectivity index (χ3n) is 4.00. The van der Waals surface area contributed by atoms with Gasteiger partial charge in [0.15, 0.2) is 5.96 Å². The summed E-state index contributed by atoms with van der Waals surface area (Å²) in [7, 11) is 0. The van der Waals surface area contributed by atoms with Gasteiger partial charge in [-0.3, -0.25) is 4.79 Å². The van der Waals surface area contributed by atoms with E-state index in [-0.39, 0.29) is 12.5 Å². The summed E-state index contributed by atoms with van der Waals surface area (Å²) in [6.45, 7) is 8.21. The van der Waals surface area contributed by atoms with Crippen LogP contribution < -0.4 is 16.0 Å². The lowest BCUT2D eigenvalue weighted by atomic mass is 10.1. The van der Waals surface area contributed by atoms with Crippen LogP contribution in [0.2, 0.25) is 0 Å². The quantitative estimate of drug-likeness (QED) is 0.530. The first kappa shape index (κ1) is 19.5. The molecule has 0 aromatic heterocycles. The van der Waals surface area contributed by atoms with Gasteiger partial charge in [-0.25, -0.2) is 4.99 Å². The summed E-state index contributed by atoms with van der Waals surface area (Å²) in [6.07, 6.45) is 0. The molecule has 0 fully saturated rings. The first-order valence-corrected chi connectivity index (χ1v) is 8.97. The van der Waals surface area contributed by atoms with Crippen molar-refractivity contribution in [2.24, 2.45) is 4.99 Å². The highest BCUT2D eigenvalue weighted by Gasteiger charge is 2.04. The minimum atomic E-state index is -0.0639. The third kappa shape index (κ3) is 6.59. The van der Waals surface area contributed by atoms with Gasteiger partial charge in [0, 0.05) is 13.1 Å². The molecule has 5 nitrogen and oxygen atoms in total. The summed E-state index contributed by atoms with van der Waals surface area (Å²) in [5, 5.41) is 9.16. The second-order valence-electron chi connectivity index (χ2n) is 6.24. The normalized spacial score (nSPS) is 11.1. The van der Waals surface area contributed by atoms with E-state index in [1.165, 1.54) is 16.7 Å². The Labute approximate surface area is 155 Å². The fraction of sp³-hybridized carbons (Fsp3) is 0.333. The molecule has 0 bridgehead atoms. The fourth-order valence-corrected chi connectivity index (χ4v) is 2.55. The highest BCUT2D eigenvalue weighted by Crippen LogP contribution is 2.11. The molecule has 138 valence electrons. The third-order valence-corrected chi connectivity index (χ3v) is 4.00. The van der Waals surface area contributed by atoms with Gasteiger partial charge >= 0.3 is 0 Å². The van der Waals surface area contributed by atoms with Gasteiger partial charge in [-0.05, 0) is 37.5 Å². The number of nitrogens with one attached hydrogen (secondary N) is 3. The summed E-state index contributed by atoms with van der Waals surface area (Å²) in [5.74, 6) is 0.577. The van der Waals surface area contributed by atoms with Gasteiger partial charge in [0.1, 0.15) is 0 Å². The average molecular weight is 352 g/mol. The van der Waals surface area contributed by atoms with Gasteiger partial charge in [-0.2, -0.15) is 0 Å². The van der Waals surface area contributed by atoms with Crippen molar-refractivity contribution in [3.05, 3.63) is 70.8 Å². The van der Waals surface area contributed by atoms with E-state index in [1.54, 1.807) is 0 Å². The van der Waals surface area contributed by atoms with Crippen molar-refractivity contribution in [1.82, 2.24) is 16.0 Å². The minimum absolute atomic E-state index is 0.0639. The first-order valence-electron chi connectivity index (χ1n) is 8.97. The van der Waals surface area contributed by atoms with Gasteiger partial charge in [-0.15, -0.1) is 0 Å². The zero-order chi connectivity index (χ0) is 18.8. The number of carbonyl (C=O) groups is 1. The van der Waals surface area contributed by atoms with Crippen LogP contribution in [0.25, 0.3) is 0 Å². The molecule has 0 aliphatic rings. The number of hydrogen-bond donors (Lipinski definition) is 3. The maximum atomic E-state index is 12.0. The van der Waals surface area contributed by atoms with Gasteiger partial charge in [-0.1, -0.05) is 54.1 Å². The van der Waals surface area contributed by atoms with E-state index in [2.05, 4.69) is 53.0 Å². The van der Waals surface area contributed by atoms with Crippen LogP contribution in [0.4, 0.5) is 0 Å². The molecule has 26 heavy (non-hydrogen) atoms. The Morgan fingerprint density at radius 3 is 2.46 bits per heavy atom. The summed E-state index contributed by atoms with van der Waals surface area (Å²) in [4.78, 5) is 16.6. The zero-order valence-corrected chi connectivity index (χ0v) is 15.8. The number of rotatable bonds is 7. The number of amides is 1. The second-order valence-corrected chi connectivity index (χ2v) is 6.24. The monoisotopic (exact) mass is 352 g/mol. The van der Waals surface area contributed by atoms with Gasteiger partial charge < -0.3 is 16.0 Å². The maximum Gasteiger partial charge on any atom is 0.239 e. The van der Waals surface area contributed by atoms with Crippen molar-refractivity contribution < 1.29 is 4.79 Å². The molecule has 0 unspecified atom stereocenters. The van der Waals surface area contributed by atoms with Crippen molar-refractivity contribution in [2.75, 3.05) is 13.1 Å². The Bertz CT molecular complexity index is 741. The molecule has 0 aliphatic carbocycles. The Kier molecular flexibility index (Phi) is 7.68. The molecule has 0 saturated carbocycles. The van der Waals surface area contributed by atoms with Crippen LogP contribution in [0, 0.1) is 13.8 Å². The van der Waals surface area contributed by atoms with E-state index < -0.39 is 0 Å². The number of aryl methyl sites for hydroxylation is 2. The van der Waals surface area contributed by atoms with Crippen LogP contribution in [0.3, 0.4) is 0 Å². The lowest BCUT2D eigenvalue weighted by Crippen LogP contribution is -2.43. The largest absolute Gasteiger partial charge is 0.357 e. The molecule has 0 aliphatic heterocycles. The lowest BCUT2D eigenvalue weighted by molar-refractivity contribution is -0.120. The second kappa shape index (κ2) is 10.2. The van der Waals surface area contributed by atoms with Crippen LogP contribution in [-0.4, -0.2) is 25.0 Å². The average Bonchev–Trinajstić information content (AvgIpc) is 2.64. The molecular weight excluding hydrogens is 324 g/mol. The molecule has 2 aromatic rings. The Morgan fingerprint density at radius 2 is 1.77 bits per heavy atom. The molecule has 2 aromatic carbocycles. The summed E-state index contributed by atoms with van der Waals surface area (Å²) >= 11 is 0. The topological polar surface area (TPSA) is 65.5 Å². The molecule has 3 N–H and O–H groups in total. The zero-order valence-electron chi connectivity index (χ0n) is 15.8. The molecular formula is C21H28N4O.